The van der Waals surface area contributed by atoms with Gasteiger partial charge in [0.1, 0.15) is 0 Å². The van der Waals surface area contributed by atoms with Gasteiger partial charge in [0.2, 0.25) is 0 Å². The molecule has 0 bridgehead atoms. The van der Waals surface area contributed by atoms with Gasteiger partial charge in [0.05, 0.1) is 11.5 Å². The summed E-state index contributed by atoms with van der Waals surface area (Å²) in [6.45, 7) is 7.30. The number of rotatable bonds is 3. The third kappa shape index (κ3) is 2.76. The van der Waals surface area contributed by atoms with Gasteiger partial charge in [-0.05, 0) is 31.7 Å². The Morgan fingerprint density at radius 2 is 2.06 bits per heavy atom. The average Bonchev–Trinajstić information content (AvgIpc) is 2.70. The number of sulfone groups is 1. The van der Waals surface area contributed by atoms with Gasteiger partial charge in [-0.1, -0.05) is 6.92 Å². The zero-order valence-electron chi connectivity index (χ0n) is 10.2. The van der Waals surface area contributed by atoms with Gasteiger partial charge in [-0.25, -0.2) is 8.42 Å². The normalized spacial score (nSPS) is 42.6. The van der Waals surface area contributed by atoms with Gasteiger partial charge >= 0.3 is 0 Å². The maximum atomic E-state index is 11.5. The molecule has 0 spiro atoms. The lowest BCUT2D eigenvalue weighted by Crippen LogP contribution is -2.48. The highest BCUT2D eigenvalue weighted by molar-refractivity contribution is 7.91. The summed E-state index contributed by atoms with van der Waals surface area (Å²) >= 11 is 0. The van der Waals surface area contributed by atoms with Crippen LogP contribution in [0.3, 0.4) is 0 Å². The number of hydrogen-bond donors (Lipinski definition) is 2. The highest BCUT2D eigenvalue weighted by Gasteiger charge is 2.39. The van der Waals surface area contributed by atoms with Crippen molar-refractivity contribution in [1.82, 2.24) is 10.6 Å². The van der Waals surface area contributed by atoms with Crippen LogP contribution >= 0.6 is 0 Å². The first-order chi connectivity index (χ1) is 7.33. The Bertz CT molecular complexity index is 360. The molecule has 5 heteroatoms. The summed E-state index contributed by atoms with van der Waals surface area (Å²) in [7, 11) is -2.80. The first-order valence-electron chi connectivity index (χ1n) is 5.99. The number of hydrogen-bond acceptors (Lipinski definition) is 4. The number of nitrogens with one attached hydrogen (secondary N) is 2. The lowest BCUT2D eigenvalue weighted by atomic mass is 9.88. The molecule has 0 amide bonds. The molecule has 2 aliphatic rings. The van der Waals surface area contributed by atoms with Crippen LogP contribution in [0, 0.1) is 5.41 Å². The topological polar surface area (TPSA) is 58.2 Å². The summed E-state index contributed by atoms with van der Waals surface area (Å²) in [6.07, 6.45) is 1.92. The Morgan fingerprint density at radius 3 is 2.56 bits per heavy atom. The fraction of sp³-hybridized carbons (Fsp3) is 1.00. The van der Waals surface area contributed by atoms with Crippen molar-refractivity contribution in [2.45, 2.75) is 32.2 Å². The molecule has 0 aliphatic carbocycles. The third-order valence-corrected chi connectivity index (χ3v) is 5.81. The summed E-state index contributed by atoms with van der Waals surface area (Å²) in [5, 5.41) is 6.84. The standard InChI is InChI=1S/C11H22N2O2S/c1-10(3-5-12-7-10)8-13-11(2)4-6-16(14,15)9-11/h12-13H,3-9H2,1-2H3. The maximum absolute atomic E-state index is 11.5. The molecule has 4 nitrogen and oxygen atoms in total. The molecule has 0 aromatic carbocycles. The van der Waals surface area contributed by atoms with Gasteiger partial charge in [0.15, 0.2) is 9.84 Å². The molecule has 16 heavy (non-hydrogen) atoms. The summed E-state index contributed by atoms with van der Waals surface area (Å²) < 4.78 is 22.9. The summed E-state index contributed by atoms with van der Waals surface area (Å²) in [5.41, 5.74) is 0.0831. The maximum Gasteiger partial charge on any atom is 0.152 e. The minimum absolute atomic E-state index is 0.204. The smallest absolute Gasteiger partial charge is 0.152 e. The van der Waals surface area contributed by atoms with Crippen molar-refractivity contribution in [2.24, 2.45) is 5.41 Å². The highest BCUT2D eigenvalue weighted by Crippen LogP contribution is 2.27. The van der Waals surface area contributed by atoms with E-state index in [1.54, 1.807) is 0 Å². The van der Waals surface area contributed by atoms with Crippen LogP contribution in [0.1, 0.15) is 26.7 Å². The van der Waals surface area contributed by atoms with E-state index >= 15 is 0 Å². The average molecular weight is 246 g/mol. The lowest BCUT2D eigenvalue weighted by molar-refractivity contribution is 0.281. The largest absolute Gasteiger partial charge is 0.316 e. The van der Waals surface area contributed by atoms with Gasteiger partial charge in [-0.3, -0.25) is 0 Å². The molecule has 2 N–H and O–H groups in total. The first-order valence-corrected chi connectivity index (χ1v) is 7.81. The lowest BCUT2D eigenvalue weighted by Gasteiger charge is -2.31. The van der Waals surface area contributed by atoms with Crippen LogP contribution in [0.5, 0.6) is 0 Å². The van der Waals surface area contributed by atoms with Gasteiger partial charge in [-0.2, -0.15) is 0 Å². The highest BCUT2D eigenvalue weighted by atomic mass is 32.2. The molecule has 0 aromatic rings. The van der Waals surface area contributed by atoms with E-state index in [1.807, 2.05) is 6.92 Å². The van der Waals surface area contributed by atoms with Gasteiger partial charge in [0.25, 0.3) is 0 Å². The van der Waals surface area contributed by atoms with Crippen LogP contribution in [-0.4, -0.2) is 45.1 Å². The second kappa shape index (κ2) is 3.96. The van der Waals surface area contributed by atoms with Gasteiger partial charge in [-0.15, -0.1) is 0 Å². The van der Waals surface area contributed by atoms with Crippen molar-refractivity contribution in [3.05, 3.63) is 0 Å². The molecular formula is C11H22N2O2S. The predicted octanol–water partition coefficient (Wildman–Crippen LogP) is 0.153. The monoisotopic (exact) mass is 246 g/mol. The van der Waals surface area contributed by atoms with E-state index in [4.69, 9.17) is 0 Å². The van der Waals surface area contributed by atoms with E-state index in [-0.39, 0.29) is 11.0 Å². The van der Waals surface area contributed by atoms with Crippen LogP contribution in [0.25, 0.3) is 0 Å². The van der Waals surface area contributed by atoms with Crippen LogP contribution in [0.15, 0.2) is 0 Å². The summed E-state index contributed by atoms with van der Waals surface area (Å²) in [4.78, 5) is 0. The Hall–Kier alpha value is -0.130. The van der Waals surface area contributed by atoms with E-state index < -0.39 is 9.84 Å². The van der Waals surface area contributed by atoms with E-state index in [0.29, 0.717) is 11.5 Å². The van der Waals surface area contributed by atoms with E-state index in [1.165, 1.54) is 6.42 Å². The Kier molecular flexibility index (Phi) is 3.05. The Balaban J connectivity index is 1.91. The summed E-state index contributed by atoms with van der Waals surface area (Å²) in [6, 6.07) is 0. The molecule has 0 aromatic heterocycles. The molecule has 2 saturated heterocycles. The minimum atomic E-state index is -2.80. The fourth-order valence-corrected chi connectivity index (χ4v) is 4.72. The van der Waals surface area contributed by atoms with Crippen molar-refractivity contribution < 1.29 is 8.42 Å². The molecular weight excluding hydrogens is 224 g/mol. The van der Waals surface area contributed by atoms with Gasteiger partial charge < -0.3 is 10.6 Å². The first kappa shape index (κ1) is 12.3. The zero-order valence-corrected chi connectivity index (χ0v) is 11.0. The molecule has 2 atom stereocenters. The van der Waals surface area contributed by atoms with E-state index in [9.17, 15) is 8.42 Å². The molecule has 2 aliphatic heterocycles. The summed E-state index contributed by atoms with van der Waals surface area (Å²) in [5.74, 6) is 0.634. The van der Waals surface area contributed by atoms with Crippen LogP contribution in [0.4, 0.5) is 0 Å². The van der Waals surface area contributed by atoms with Crippen molar-refractivity contribution in [1.29, 1.82) is 0 Å². The van der Waals surface area contributed by atoms with Crippen LogP contribution < -0.4 is 10.6 Å². The zero-order chi connectivity index (χ0) is 11.9. The van der Waals surface area contributed by atoms with Crippen molar-refractivity contribution in [3.8, 4) is 0 Å². The predicted molar refractivity (Wildman–Crippen MR) is 65.3 cm³/mol. The van der Waals surface area contributed by atoms with E-state index in [2.05, 4.69) is 17.6 Å². The third-order valence-electron chi connectivity index (χ3n) is 3.90. The quantitative estimate of drug-likeness (QED) is 0.744. The molecule has 2 fully saturated rings. The van der Waals surface area contributed by atoms with Crippen molar-refractivity contribution >= 4 is 9.84 Å². The molecule has 2 heterocycles. The SMILES string of the molecule is CC1(CNC2(C)CCS(=O)(=O)C2)CCNC1. The Labute approximate surface area is 98.1 Å². The van der Waals surface area contributed by atoms with Crippen LogP contribution in [-0.2, 0) is 9.84 Å². The molecule has 94 valence electrons. The van der Waals surface area contributed by atoms with E-state index in [0.717, 1.165) is 26.1 Å². The van der Waals surface area contributed by atoms with Crippen molar-refractivity contribution in [3.63, 3.8) is 0 Å². The molecule has 0 radical (unpaired) electrons. The van der Waals surface area contributed by atoms with Gasteiger partial charge in [0, 0.05) is 18.6 Å². The van der Waals surface area contributed by atoms with Crippen molar-refractivity contribution in [2.75, 3.05) is 31.1 Å². The fourth-order valence-electron chi connectivity index (χ4n) is 2.60. The second-order valence-corrected chi connectivity index (χ2v) is 8.18. The molecule has 2 unspecified atom stereocenters. The molecule has 2 rings (SSSR count). The molecule has 0 saturated carbocycles. The second-order valence-electron chi connectivity index (χ2n) is 5.99. The minimum Gasteiger partial charge on any atom is -0.316 e. The Morgan fingerprint density at radius 1 is 1.31 bits per heavy atom. The van der Waals surface area contributed by atoms with Crippen LogP contribution in [0.2, 0.25) is 0 Å².